The van der Waals surface area contributed by atoms with Crippen LogP contribution in [0.3, 0.4) is 0 Å². The summed E-state index contributed by atoms with van der Waals surface area (Å²) in [6.45, 7) is 2.14. The molecule has 0 saturated carbocycles. The van der Waals surface area contributed by atoms with Gasteiger partial charge >= 0.3 is 0 Å². The molecule has 3 N–H and O–H groups in total. The highest BCUT2D eigenvalue weighted by atomic mass is 79.9. The van der Waals surface area contributed by atoms with E-state index >= 15 is 0 Å². The van der Waals surface area contributed by atoms with Crippen LogP contribution in [0.2, 0.25) is 0 Å². The van der Waals surface area contributed by atoms with Crippen molar-refractivity contribution >= 4 is 27.3 Å². The third kappa shape index (κ3) is 2.53. The number of aromatic nitrogens is 2. The van der Waals surface area contributed by atoms with Gasteiger partial charge in [-0.05, 0) is 34.8 Å². The van der Waals surface area contributed by atoms with Crippen molar-refractivity contribution < 1.29 is 4.74 Å². The Kier molecular flexibility index (Phi) is 4.23. The molecule has 1 aliphatic rings. The molecule has 0 aromatic carbocycles. The van der Waals surface area contributed by atoms with Crippen molar-refractivity contribution in [1.82, 2.24) is 10.2 Å². The standard InChI is InChI=1S/C15H15BrN4OS/c1-2-3-4-10-13-12(11-5-8(16)7-22-11)9(6-17)14(18)21-15(13)20-19-10/h5,7,12H,2-4,18H2,1H3,(H,19,20)/t12-/m1/s1. The van der Waals surface area contributed by atoms with E-state index in [1.54, 1.807) is 11.3 Å². The first-order valence-corrected chi connectivity index (χ1v) is 8.71. The van der Waals surface area contributed by atoms with E-state index in [4.69, 9.17) is 10.5 Å². The van der Waals surface area contributed by atoms with E-state index in [0.717, 1.165) is 39.9 Å². The average molecular weight is 379 g/mol. The smallest absolute Gasteiger partial charge is 0.244 e. The van der Waals surface area contributed by atoms with Gasteiger partial charge in [0.2, 0.25) is 11.8 Å². The molecule has 5 nitrogen and oxygen atoms in total. The van der Waals surface area contributed by atoms with Crippen LogP contribution in [0.1, 0.15) is 41.8 Å². The molecular weight excluding hydrogens is 364 g/mol. The lowest BCUT2D eigenvalue weighted by Gasteiger charge is -2.22. The van der Waals surface area contributed by atoms with Gasteiger partial charge in [0, 0.05) is 20.4 Å². The lowest BCUT2D eigenvalue weighted by molar-refractivity contribution is 0.379. The molecule has 2 aromatic rings. The monoisotopic (exact) mass is 378 g/mol. The number of nitrogens with two attached hydrogens (primary N) is 1. The fourth-order valence-corrected chi connectivity index (χ4v) is 4.18. The third-order valence-electron chi connectivity index (χ3n) is 3.67. The predicted molar refractivity (Wildman–Crippen MR) is 88.5 cm³/mol. The number of H-pyrrole nitrogens is 1. The fraction of sp³-hybridized carbons (Fsp3) is 0.333. The van der Waals surface area contributed by atoms with Gasteiger partial charge in [-0.2, -0.15) is 5.26 Å². The highest BCUT2D eigenvalue weighted by Crippen LogP contribution is 2.45. The van der Waals surface area contributed by atoms with Crippen molar-refractivity contribution in [3.05, 3.63) is 43.5 Å². The van der Waals surface area contributed by atoms with Crippen LogP contribution in [-0.2, 0) is 6.42 Å². The number of rotatable bonds is 4. The van der Waals surface area contributed by atoms with Gasteiger partial charge in [-0.1, -0.05) is 13.3 Å². The molecule has 3 rings (SSSR count). The highest BCUT2D eigenvalue weighted by Gasteiger charge is 2.35. The highest BCUT2D eigenvalue weighted by molar-refractivity contribution is 9.10. The molecule has 0 aliphatic carbocycles. The molecule has 0 fully saturated rings. The van der Waals surface area contributed by atoms with E-state index in [9.17, 15) is 5.26 Å². The minimum Gasteiger partial charge on any atom is -0.420 e. The maximum atomic E-state index is 9.52. The molecule has 1 aliphatic heterocycles. The first-order chi connectivity index (χ1) is 10.7. The van der Waals surface area contributed by atoms with Crippen LogP contribution in [0.4, 0.5) is 0 Å². The van der Waals surface area contributed by atoms with Crippen molar-refractivity contribution in [2.75, 3.05) is 0 Å². The molecule has 7 heteroatoms. The van der Waals surface area contributed by atoms with E-state index < -0.39 is 0 Å². The van der Waals surface area contributed by atoms with E-state index in [1.807, 2.05) is 11.4 Å². The molecule has 22 heavy (non-hydrogen) atoms. The molecule has 0 bridgehead atoms. The summed E-state index contributed by atoms with van der Waals surface area (Å²) < 4.78 is 6.54. The number of nitriles is 1. The minimum atomic E-state index is -0.212. The number of aryl methyl sites for hydroxylation is 1. The Morgan fingerprint density at radius 2 is 2.41 bits per heavy atom. The number of allylic oxidation sites excluding steroid dienone is 1. The first-order valence-electron chi connectivity index (χ1n) is 7.04. The van der Waals surface area contributed by atoms with E-state index in [2.05, 4.69) is 39.1 Å². The van der Waals surface area contributed by atoms with Crippen LogP contribution >= 0.6 is 27.3 Å². The minimum absolute atomic E-state index is 0.137. The summed E-state index contributed by atoms with van der Waals surface area (Å²) in [7, 11) is 0. The molecular formula is C15H15BrN4OS. The molecule has 0 amide bonds. The van der Waals surface area contributed by atoms with Crippen LogP contribution in [-0.4, -0.2) is 10.2 Å². The Bertz CT molecular complexity index is 771. The number of halogens is 1. The number of aromatic amines is 1. The van der Waals surface area contributed by atoms with Gasteiger partial charge in [-0.3, -0.25) is 5.10 Å². The number of hydrogen-bond donors (Lipinski definition) is 2. The summed E-state index contributed by atoms with van der Waals surface area (Å²) in [5.74, 6) is 0.408. The SMILES string of the molecule is CCCCc1[nH]nc2c1[C@@H](c1cc(Br)cs1)C(C#N)=C(N)O2. The number of nitrogens with zero attached hydrogens (tertiary/aromatic N) is 2. The Labute approximate surface area is 140 Å². The number of thiophene rings is 1. The number of nitrogens with one attached hydrogen (secondary N) is 1. The molecule has 0 unspecified atom stereocenters. The van der Waals surface area contributed by atoms with Gasteiger partial charge in [0.05, 0.1) is 11.5 Å². The second-order valence-electron chi connectivity index (χ2n) is 5.12. The van der Waals surface area contributed by atoms with Crippen LogP contribution in [0, 0.1) is 11.3 Å². The molecule has 3 heterocycles. The summed E-state index contributed by atoms with van der Waals surface area (Å²) in [6.07, 6.45) is 3.02. The van der Waals surface area contributed by atoms with Crippen LogP contribution < -0.4 is 10.5 Å². The second-order valence-corrected chi connectivity index (χ2v) is 6.98. The first kappa shape index (κ1) is 15.1. The Morgan fingerprint density at radius 3 is 3.05 bits per heavy atom. The van der Waals surface area contributed by atoms with Gasteiger partial charge in [0.15, 0.2) is 0 Å². The van der Waals surface area contributed by atoms with E-state index in [0.29, 0.717) is 11.5 Å². The molecule has 2 aromatic heterocycles. The van der Waals surface area contributed by atoms with Crippen molar-refractivity contribution in [3.63, 3.8) is 0 Å². The molecule has 1 atom stereocenters. The summed E-state index contributed by atoms with van der Waals surface area (Å²) in [6, 6.07) is 4.22. The van der Waals surface area contributed by atoms with Gasteiger partial charge < -0.3 is 10.5 Å². The van der Waals surface area contributed by atoms with E-state index in [1.165, 1.54) is 0 Å². The van der Waals surface area contributed by atoms with Gasteiger partial charge in [-0.15, -0.1) is 16.4 Å². The predicted octanol–water partition coefficient (Wildman–Crippen LogP) is 3.79. The van der Waals surface area contributed by atoms with Crippen molar-refractivity contribution in [1.29, 1.82) is 5.26 Å². The molecule has 114 valence electrons. The maximum Gasteiger partial charge on any atom is 0.244 e. The summed E-state index contributed by atoms with van der Waals surface area (Å²) in [5.41, 5.74) is 8.33. The summed E-state index contributed by atoms with van der Waals surface area (Å²) in [5, 5.41) is 18.8. The third-order valence-corrected chi connectivity index (χ3v) is 5.43. The van der Waals surface area contributed by atoms with Gasteiger partial charge in [0.25, 0.3) is 0 Å². The van der Waals surface area contributed by atoms with Crippen molar-refractivity contribution in [2.45, 2.75) is 32.1 Å². The van der Waals surface area contributed by atoms with Crippen LogP contribution in [0.25, 0.3) is 0 Å². The van der Waals surface area contributed by atoms with Gasteiger partial charge in [-0.25, -0.2) is 0 Å². The molecule has 0 spiro atoms. The summed E-state index contributed by atoms with van der Waals surface area (Å²) in [4.78, 5) is 1.05. The number of fused-ring (bicyclic) bond motifs is 1. The normalized spacial score (nSPS) is 17.0. The maximum absolute atomic E-state index is 9.52. The lowest BCUT2D eigenvalue weighted by atomic mass is 9.88. The van der Waals surface area contributed by atoms with Crippen LogP contribution in [0.5, 0.6) is 5.88 Å². The molecule has 0 saturated heterocycles. The van der Waals surface area contributed by atoms with Crippen molar-refractivity contribution in [2.24, 2.45) is 5.73 Å². The fourth-order valence-electron chi connectivity index (χ4n) is 2.62. The zero-order chi connectivity index (χ0) is 15.7. The number of unbranched alkanes of at least 4 members (excludes halogenated alkanes) is 1. The number of hydrogen-bond acceptors (Lipinski definition) is 5. The Balaban J connectivity index is 2.13. The average Bonchev–Trinajstić information content (AvgIpc) is 3.10. The molecule has 0 radical (unpaired) electrons. The summed E-state index contributed by atoms with van der Waals surface area (Å²) >= 11 is 5.06. The van der Waals surface area contributed by atoms with E-state index in [-0.39, 0.29) is 11.8 Å². The number of ether oxygens (including phenoxy) is 1. The second kappa shape index (κ2) is 6.15. The van der Waals surface area contributed by atoms with Crippen LogP contribution in [0.15, 0.2) is 27.4 Å². The van der Waals surface area contributed by atoms with Gasteiger partial charge in [0.1, 0.15) is 11.6 Å². The topological polar surface area (TPSA) is 87.7 Å². The Morgan fingerprint density at radius 1 is 1.59 bits per heavy atom. The zero-order valence-electron chi connectivity index (χ0n) is 12.0. The Hall–Kier alpha value is -1.78. The largest absolute Gasteiger partial charge is 0.420 e. The zero-order valence-corrected chi connectivity index (χ0v) is 14.4. The van der Waals surface area contributed by atoms with Crippen molar-refractivity contribution in [3.8, 4) is 11.9 Å². The quantitative estimate of drug-likeness (QED) is 0.846. The lowest BCUT2D eigenvalue weighted by Crippen LogP contribution is -2.20.